The standard InChI is InChI=1S/C25H35N3O2S/c1-19(2)28(25(30)26-22-12-8-5-9-13-22)18-24(29)27(16-21-10-6-4-7-11-21)17-23-20(3)14-15-31-23/h4,6-7,10-11,14-15,19,22H,5,8-9,12-13,16-18H2,1-3H3,(H,26,30). The first-order chi connectivity index (χ1) is 14.9. The maximum absolute atomic E-state index is 13.4. The van der Waals surface area contributed by atoms with E-state index >= 15 is 0 Å². The van der Waals surface area contributed by atoms with Gasteiger partial charge in [-0.15, -0.1) is 11.3 Å². The Hall–Kier alpha value is -2.34. The van der Waals surface area contributed by atoms with Crippen molar-refractivity contribution in [3.8, 4) is 0 Å². The lowest BCUT2D eigenvalue weighted by molar-refractivity contribution is -0.133. The van der Waals surface area contributed by atoms with Crippen LogP contribution in [0.15, 0.2) is 41.8 Å². The van der Waals surface area contributed by atoms with Crippen LogP contribution in [0.4, 0.5) is 4.79 Å². The first-order valence-electron chi connectivity index (χ1n) is 11.4. The second-order valence-electron chi connectivity index (χ2n) is 8.77. The third-order valence-corrected chi connectivity index (χ3v) is 7.00. The highest BCUT2D eigenvalue weighted by Crippen LogP contribution is 2.21. The normalized spacial score (nSPS) is 14.5. The van der Waals surface area contributed by atoms with Crippen molar-refractivity contribution in [1.82, 2.24) is 15.1 Å². The monoisotopic (exact) mass is 441 g/mol. The number of benzene rings is 1. The molecule has 31 heavy (non-hydrogen) atoms. The van der Waals surface area contributed by atoms with E-state index in [9.17, 15) is 9.59 Å². The largest absolute Gasteiger partial charge is 0.335 e. The van der Waals surface area contributed by atoms with E-state index < -0.39 is 0 Å². The van der Waals surface area contributed by atoms with E-state index in [1.807, 2.05) is 49.1 Å². The Morgan fingerprint density at radius 1 is 1.06 bits per heavy atom. The summed E-state index contributed by atoms with van der Waals surface area (Å²) < 4.78 is 0. The Kier molecular flexibility index (Phi) is 8.52. The molecule has 5 nitrogen and oxygen atoms in total. The molecule has 0 bridgehead atoms. The van der Waals surface area contributed by atoms with Crippen molar-refractivity contribution in [2.45, 2.75) is 78.0 Å². The molecule has 1 aliphatic carbocycles. The number of urea groups is 1. The molecule has 0 aliphatic heterocycles. The molecule has 3 rings (SSSR count). The van der Waals surface area contributed by atoms with Crippen molar-refractivity contribution < 1.29 is 9.59 Å². The summed E-state index contributed by atoms with van der Waals surface area (Å²) in [7, 11) is 0. The number of hydrogen-bond donors (Lipinski definition) is 1. The van der Waals surface area contributed by atoms with Crippen LogP contribution in [0.25, 0.3) is 0 Å². The van der Waals surface area contributed by atoms with Crippen LogP contribution in [0.1, 0.15) is 62.0 Å². The summed E-state index contributed by atoms with van der Waals surface area (Å²) in [6.45, 7) is 7.21. The minimum atomic E-state index is -0.123. The second-order valence-corrected chi connectivity index (χ2v) is 9.77. The number of thiophene rings is 1. The fourth-order valence-electron chi connectivity index (χ4n) is 4.01. The van der Waals surface area contributed by atoms with E-state index in [1.54, 1.807) is 16.2 Å². The lowest BCUT2D eigenvalue weighted by Gasteiger charge is -2.32. The van der Waals surface area contributed by atoms with Gasteiger partial charge in [-0.3, -0.25) is 4.79 Å². The summed E-state index contributed by atoms with van der Waals surface area (Å²) in [5.74, 6) is -0.0239. The fraction of sp³-hybridized carbons (Fsp3) is 0.520. The lowest BCUT2D eigenvalue weighted by Crippen LogP contribution is -2.51. The van der Waals surface area contributed by atoms with Gasteiger partial charge in [0.15, 0.2) is 0 Å². The summed E-state index contributed by atoms with van der Waals surface area (Å²) >= 11 is 1.67. The molecule has 0 unspecified atom stereocenters. The third-order valence-electron chi connectivity index (χ3n) is 5.99. The molecule has 168 valence electrons. The number of nitrogens with one attached hydrogen (secondary N) is 1. The number of rotatable bonds is 8. The molecule has 3 amide bonds. The molecule has 1 N–H and O–H groups in total. The van der Waals surface area contributed by atoms with E-state index in [1.165, 1.54) is 16.9 Å². The fourth-order valence-corrected chi connectivity index (χ4v) is 4.94. The maximum atomic E-state index is 13.4. The summed E-state index contributed by atoms with van der Waals surface area (Å²) in [5.41, 5.74) is 2.29. The Bertz CT molecular complexity index is 843. The Balaban J connectivity index is 1.71. The van der Waals surface area contributed by atoms with Gasteiger partial charge in [0, 0.05) is 23.5 Å². The number of carbonyl (C=O) groups is 2. The predicted octanol–water partition coefficient (Wildman–Crippen LogP) is 5.34. The van der Waals surface area contributed by atoms with Crippen molar-refractivity contribution in [3.05, 3.63) is 57.8 Å². The molecule has 0 spiro atoms. The molecule has 1 saturated carbocycles. The van der Waals surface area contributed by atoms with E-state index in [4.69, 9.17) is 0 Å². The van der Waals surface area contributed by atoms with Crippen LogP contribution in [0, 0.1) is 6.92 Å². The number of aryl methyl sites for hydroxylation is 1. The number of amides is 3. The Morgan fingerprint density at radius 3 is 2.39 bits per heavy atom. The van der Waals surface area contributed by atoms with Crippen molar-refractivity contribution in [2.75, 3.05) is 6.54 Å². The van der Waals surface area contributed by atoms with Gasteiger partial charge in [0.05, 0.1) is 6.54 Å². The van der Waals surface area contributed by atoms with Gasteiger partial charge in [-0.25, -0.2) is 4.79 Å². The van der Waals surface area contributed by atoms with Crippen LogP contribution >= 0.6 is 11.3 Å². The highest BCUT2D eigenvalue weighted by molar-refractivity contribution is 7.10. The molecule has 1 heterocycles. The van der Waals surface area contributed by atoms with Crippen molar-refractivity contribution in [1.29, 1.82) is 0 Å². The van der Waals surface area contributed by atoms with Crippen LogP contribution in [0.3, 0.4) is 0 Å². The SMILES string of the molecule is Cc1ccsc1CN(Cc1ccccc1)C(=O)CN(C(=O)NC1CCCCC1)C(C)C. The van der Waals surface area contributed by atoms with E-state index in [0.29, 0.717) is 13.1 Å². The van der Waals surface area contributed by atoms with Gasteiger partial charge in [-0.1, -0.05) is 49.6 Å². The van der Waals surface area contributed by atoms with Gasteiger partial charge in [0.25, 0.3) is 0 Å². The van der Waals surface area contributed by atoms with E-state index in [2.05, 4.69) is 23.7 Å². The van der Waals surface area contributed by atoms with E-state index in [-0.39, 0.29) is 30.6 Å². The van der Waals surface area contributed by atoms with Gasteiger partial charge < -0.3 is 15.1 Å². The molecule has 1 aromatic carbocycles. The zero-order valence-corrected chi connectivity index (χ0v) is 19.8. The van der Waals surface area contributed by atoms with Gasteiger partial charge >= 0.3 is 6.03 Å². The van der Waals surface area contributed by atoms with Gasteiger partial charge in [0.1, 0.15) is 6.54 Å². The molecule has 1 aromatic heterocycles. The molecule has 6 heteroatoms. The van der Waals surface area contributed by atoms with Crippen molar-refractivity contribution in [2.24, 2.45) is 0 Å². The quantitative estimate of drug-likeness (QED) is 0.601. The highest BCUT2D eigenvalue weighted by atomic mass is 32.1. The second kappa shape index (κ2) is 11.3. The zero-order valence-electron chi connectivity index (χ0n) is 19.0. The number of carbonyl (C=O) groups excluding carboxylic acids is 2. The third kappa shape index (κ3) is 6.82. The molecule has 1 fully saturated rings. The lowest BCUT2D eigenvalue weighted by atomic mass is 9.96. The number of hydrogen-bond acceptors (Lipinski definition) is 3. The van der Waals surface area contributed by atoms with Crippen LogP contribution in [0.2, 0.25) is 0 Å². The highest BCUT2D eigenvalue weighted by Gasteiger charge is 2.26. The first kappa shape index (κ1) is 23.3. The molecular weight excluding hydrogens is 406 g/mol. The van der Waals surface area contributed by atoms with Crippen LogP contribution in [-0.2, 0) is 17.9 Å². The summed E-state index contributed by atoms with van der Waals surface area (Å²) in [6.07, 6.45) is 5.63. The molecule has 0 atom stereocenters. The zero-order chi connectivity index (χ0) is 22.2. The minimum Gasteiger partial charge on any atom is -0.335 e. The summed E-state index contributed by atoms with van der Waals surface area (Å²) in [4.78, 5) is 31.1. The number of nitrogens with zero attached hydrogens (tertiary/aromatic N) is 2. The molecule has 2 aromatic rings. The predicted molar refractivity (Wildman–Crippen MR) is 127 cm³/mol. The summed E-state index contributed by atoms with van der Waals surface area (Å²) in [6, 6.07) is 12.2. The molecule has 0 saturated heterocycles. The average Bonchev–Trinajstić information content (AvgIpc) is 3.17. The van der Waals surface area contributed by atoms with E-state index in [0.717, 1.165) is 31.2 Å². The topological polar surface area (TPSA) is 52.7 Å². The summed E-state index contributed by atoms with van der Waals surface area (Å²) in [5, 5.41) is 5.23. The van der Waals surface area contributed by atoms with Gasteiger partial charge in [-0.05, 0) is 56.2 Å². The Morgan fingerprint density at radius 2 is 1.77 bits per heavy atom. The molecule has 1 aliphatic rings. The average molecular weight is 442 g/mol. The molecule has 0 radical (unpaired) electrons. The van der Waals surface area contributed by atoms with Crippen LogP contribution < -0.4 is 5.32 Å². The minimum absolute atomic E-state index is 0.0239. The smallest absolute Gasteiger partial charge is 0.318 e. The van der Waals surface area contributed by atoms with Gasteiger partial charge in [-0.2, -0.15) is 0 Å². The van der Waals surface area contributed by atoms with Crippen LogP contribution in [-0.4, -0.2) is 40.4 Å². The molecular formula is C25H35N3O2S. The Labute approximate surface area is 190 Å². The van der Waals surface area contributed by atoms with Gasteiger partial charge in [0.2, 0.25) is 5.91 Å². The van der Waals surface area contributed by atoms with Crippen molar-refractivity contribution in [3.63, 3.8) is 0 Å². The maximum Gasteiger partial charge on any atom is 0.318 e. The van der Waals surface area contributed by atoms with Crippen molar-refractivity contribution >= 4 is 23.3 Å². The van der Waals surface area contributed by atoms with Crippen LogP contribution in [0.5, 0.6) is 0 Å². The first-order valence-corrected chi connectivity index (χ1v) is 12.2.